The van der Waals surface area contributed by atoms with Crippen molar-refractivity contribution in [2.24, 2.45) is 0 Å². The molecule has 34 nitrogen and oxygen atoms in total. The monoisotopic (exact) mass is 1530 g/mol. The fourth-order valence-corrected chi connectivity index (χ4v) is 7.53. The Morgan fingerprint density at radius 1 is 0.0769 bits per heavy atom. The highest BCUT2D eigenvalue weighted by Crippen LogP contribution is 2.06. The maximum Gasteiger partial charge on any atom is 0.0823 e. The molecule has 0 fully saturated rings. The molecule has 0 aromatic carbocycles. The van der Waals surface area contributed by atoms with E-state index in [1.54, 1.807) is 14.2 Å². The molecule has 0 bridgehead atoms. The minimum atomic E-state index is 0.479. The molecule has 0 aliphatic heterocycles. The van der Waals surface area contributed by atoms with Gasteiger partial charge in [0.15, 0.2) is 0 Å². The maximum atomic E-state index is 5.23. The molecule has 0 aromatic heterocycles. The van der Waals surface area contributed by atoms with Gasteiger partial charge in [-0.3, -0.25) is 0 Å². The van der Waals surface area contributed by atoms with Gasteiger partial charge < -0.3 is 9.47 Å². The predicted molar refractivity (Wildman–Crippen MR) is 371 cm³/mol. The predicted octanol–water partition coefficient (Wildman–Crippen LogP) is 12.7. The number of hydrogen-bond acceptors (Lipinski definition) is 34. The van der Waals surface area contributed by atoms with E-state index < -0.39 is 0 Å². The van der Waals surface area contributed by atoms with Crippen molar-refractivity contribution in [2.45, 2.75) is 218 Å². The highest BCUT2D eigenvalue weighted by molar-refractivity contribution is 4.45. The van der Waals surface area contributed by atoms with Gasteiger partial charge in [0.05, 0.1) is 211 Å². The molecular weight excluding hydrogens is 1380 g/mol. The van der Waals surface area contributed by atoms with E-state index in [4.69, 9.17) is 166 Å². The Morgan fingerprint density at radius 3 is 0.173 bits per heavy atom. The Hall–Kier alpha value is -1.36. The standard InChI is InChI=1S/C70H142O34/c1-71-37-3-5-39-73-75-41-7-9-43-77-79-45-11-13-47-81-83-49-15-17-51-85-87-53-19-21-55-89-91-57-23-25-59-93-95-61-27-29-63-97-99-65-31-33-67-101-103-69-35-36-70-104-102-68-34-32-66-100-98-64-30-28-62-96-94-60-26-24-58-92-90-56-22-20-54-88-86-52-18-16-50-84-82-48-14-12-46-80-78-44-10-8-42-76-74-40-6-4-38-72-2/h3-70H2,1-2H3. The van der Waals surface area contributed by atoms with Crippen molar-refractivity contribution in [1.29, 1.82) is 0 Å². The number of hydrogen-bond donors (Lipinski definition) is 0. The summed E-state index contributed by atoms with van der Waals surface area (Å²) in [6, 6.07) is 0. The third kappa shape index (κ3) is 101. The van der Waals surface area contributed by atoms with E-state index in [0.717, 1.165) is 232 Å². The van der Waals surface area contributed by atoms with Crippen LogP contribution in [0.1, 0.15) is 218 Å². The highest BCUT2D eigenvalue weighted by atomic mass is 17.2. The lowest BCUT2D eigenvalue weighted by Crippen LogP contribution is -2.05. The summed E-state index contributed by atoms with van der Waals surface area (Å²) in [7, 11) is 3.38. The third-order valence-corrected chi connectivity index (χ3v) is 13.6. The number of unbranched alkanes of at least 4 members (excludes halogenated alkanes) is 17. The van der Waals surface area contributed by atoms with E-state index in [9.17, 15) is 0 Å². The Morgan fingerprint density at radius 2 is 0.125 bits per heavy atom. The third-order valence-electron chi connectivity index (χ3n) is 13.6. The Kier molecular flexibility index (Phi) is 100. The zero-order chi connectivity index (χ0) is 74.1. The van der Waals surface area contributed by atoms with Gasteiger partial charge in [-0.1, -0.05) is 0 Å². The summed E-state index contributed by atoms with van der Waals surface area (Å²) in [5.41, 5.74) is 0. The van der Waals surface area contributed by atoms with Crippen LogP contribution in [0, 0.1) is 0 Å². The summed E-state index contributed by atoms with van der Waals surface area (Å²) in [4.78, 5) is 166. The summed E-state index contributed by atoms with van der Waals surface area (Å²) in [5.74, 6) is 0. The summed E-state index contributed by atoms with van der Waals surface area (Å²) >= 11 is 0. The van der Waals surface area contributed by atoms with Crippen LogP contribution in [0.2, 0.25) is 0 Å². The van der Waals surface area contributed by atoms with Crippen molar-refractivity contribution < 1.29 is 166 Å². The zero-order valence-corrected chi connectivity index (χ0v) is 64.0. The molecule has 0 heterocycles. The first-order valence-corrected chi connectivity index (χ1v) is 38.8. The van der Waals surface area contributed by atoms with Crippen molar-refractivity contribution in [1.82, 2.24) is 0 Å². The van der Waals surface area contributed by atoms with Crippen molar-refractivity contribution in [3.05, 3.63) is 0 Å². The Labute approximate surface area is 621 Å². The topological polar surface area (TPSA) is 314 Å². The summed E-state index contributed by atoms with van der Waals surface area (Å²) < 4.78 is 9.97. The van der Waals surface area contributed by atoms with Crippen LogP contribution in [-0.2, 0) is 166 Å². The second-order valence-electron chi connectivity index (χ2n) is 23.3. The molecule has 626 valence electrons. The van der Waals surface area contributed by atoms with Crippen LogP contribution < -0.4 is 0 Å². The van der Waals surface area contributed by atoms with Crippen LogP contribution >= 0.6 is 0 Å². The molecule has 0 saturated carbocycles. The van der Waals surface area contributed by atoms with Gasteiger partial charge in [0.1, 0.15) is 0 Å². The minimum absolute atomic E-state index is 0.479. The largest absolute Gasteiger partial charge is 0.385 e. The van der Waals surface area contributed by atoms with Crippen LogP contribution in [0.3, 0.4) is 0 Å². The van der Waals surface area contributed by atoms with E-state index in [2.05, 4.69) is 0 Å². The molecule has 0 radical (unpaired) electrons. The first kappa shape index (κ1) is 103. The SMILES string of the molecule is COCCCCOOCCCCOOCCCCOOCCCCOOCCCCOOCCCCOOCCCCOOCCCCOOCCCCOOCCCCOOCCCCOOCCCCOOCCCCOOCCCCOOCCCCOOCCCCOOCCCCOC. The van der Waals surface area contributed by atoms with Crippen LogP contribution in [0.5, 0.6) is 0 Å². The van der Waals surface area contributed by atoms with Gasteiger partial charge in [-0.15, -0.1) is 0 Å². The van der Waals surface area contributed by atoms with Gasteiger partial charge in [0, 0.05) is 27.4 Å². The van der Waals surface area contributed by atoms with Crippen molar-refractivity contribution in [2.75, 3.05) is 239 Å². The van der Waals surface area contributed by atoms with E-state index in [1.165, 1.54) is 0 Å². The zero-order valence-electron chi connectivity index (χ0n) is 64.0. The molecule has 0 amide bonds. The molecule has 0 spiro atoms. The molecule has 0 saturated heterocycles. The average Bonchev–Trinajstić information content (AvgIpc) is 3.68. The van der Waals surface area contributed by atoms with Crippen LogP contribution in [0.25, 0.3) is 0 Å². The summed E-state index contributed by atoms with van der Waals surface area (Å²) in [6.07, 6.45) is 27.9. The second-order valence-corrected chi connectivity index (χ2v) is 23.3. The van der Waals surface area contributed by atoms with Gasteiger partial charge in [0.2, 0.25) is 0 Å². The maximum absolute atomic E-state index is 5.23. The summed E-state index contributed by atoms with van der Waals surface area (Å²) in [5, 5.41) is 0. The molecular formula is C70H142O34. The first-order valence-electron chi connectivity index (χ1n) is 38.8. The average molecular weight is 1530 g/mol. The van der Waals surface area contributed by atoms with E-state index >= 15 is 0 Å². The molecule has 0 rings (SSSR count). The fourth-order valence-electron chi connectivity index (χ4n) is 7.53. The van der Waals surface area contributed by atoms with E-state index in [-0.39, 0.29) is 0 Å². The molecule has 0 aromatic rings. The van der Waals surface area contributed by atoms with Crippen LogP contribution in [0.15, 0.2) is 0 Å². The van der Waals surface area contributed by atoms with Gasteiger partial charge in [-0.05, 0) is 218 Å². The molecule has 0 N–H and O–H groups in total. The van der Waals surface area contributed by atoms with Gasteiger partial charge in [0.25, 0.3) is 0 Å². The fraction of sp³-hybridized carbons (Fsp3) is 1.00. The molecule has 104 heavy (non-hydrogen) atoms. The van der Waals surface area contributed by atoms with Gasteiger partial charge in [-0.25, -0.2) is 156 Å². The number of methoxy groups -OCH3 is 2. The molecule has 0 aliphatic carbocycles. The van der Waals surface area contributed by atoms with Crippen molar-refractivity contribution >= 4 is 0 Å². The quantitative estimate of drug-likeness (QED) is 0.0310. The van der Waals surface area contributed by atoms with Gasteiger partial charge in [-0.2, -0.15) is 0 Å². The lowest BCUT2D eigenvalue weighted by molar-refractivity contribution is -0.312. The van der Waals surface area contributed by atoms with Crippen molar-refractivity contribution in [3.8, 4) is 0 Å². The number of ether oxygens (including phenoxy) is 2. The van der Waals surface area contributed by atoms with Crippen molar-refractivity contribution in [3.63, 3.8) is 0 Å². The second kappa shape index (κ2) is 102. The normalized spacial score (nSPS) is 11.8. The molecule has 34 heteroatoms. The first-order chi connectivity index (χ1) is 51.9. The van der Waals surface area contributed by atoms with Gasteiger partial charge >= 0.3 is 0 Å². The minimum Gasteiger partial charge on any atom is -0.385 e. The molecule has 0 unspecified atom stereocenters. The van der Waals surface area contributed by atoms with Crippen LogP contribution in [0.4, 0.5) is 0 Å². The lowest BCUT2D eigenvalue weighted by atomic mass is 10.3. The number of rotatable bonds is 101. The summed E-state index contributed by atoms with van der Waals surface area (Å²) in [6.45, 7) is 17.4. The van der Waals surface area contributed by atoms with E-state index in [0.29, 0.717) is 211 Å². The van der Waals surface area contributed by atoms with Crippen LogP contribution in [-0.4, -0.2) is 239 Å². The molecule has 0 atom stereocenters. The van der Waals surface area contributed by atoms with E-state index in [1.807, 2.05) is 0 Å². The highest BCUT2D eigenvalue weighted by Gasteiger charge is 2.05. The Balaban J connectivity index is 3.09. The molecule has 0 aliphatic rings. The lowest BCUT2D eigenvalue weighted by Gasteiger charge is -2.07. The smallest absolute Gasteiger partial charge is 0.0823 e. The Bertz CT molecular complexity index is 1350.